The molecule has 1 aliphatic heterocycles. The summed E-state index contributed by atoms with van der Waals surface area (Å²) in [6.45, 7) is 0.529. The maximum Gasteiger partial charge on any atom is 0.261 e. The number of ether oxygens (including phenoxy) is 1. The van der Waals surface area contributed by atoms with Gasteiger partial charge in [-0.25, -0.2) is 8.42 Å². The minimum absolute atomic E-state index is 0.0217. The minimum atomic E-state index is -3.71. The molecule has 2 rings (SSSR count). The molecule has 0 radical (unpaired) electrons. The largest absolute Gasteiger partial charge is 0.491 e. The zero-order valence-corrected chi connectivity index (χ0v) is 9.29. The van der Waals surface area contributed by atoms with E-state index in [4.69, 9.17) is 27.0 Å². The van der Waals surface area contributed by atoms with Gasteiger partial charge in [-0.1, -0.05) is 11.6 Å². The first-order valence-electron chi connectivity index (χ1n) is 3.88. The molecule has 14 heavy (non-hydrogen) atoms. The third kappa shape index (κ3) is 1.69. The van der Waals surface area contributed by atoms with Crippen LogP contribution in [0.3, 0.4) is 0 Å². The second-order valence-electron chi connectivity index (χ2n) is 2.93. The van der Waals surface area contributed by atoms with E-state index in [1.807, 2.05) is 0 Å². The van der Waals surface area contributed by atoms with Crippen molar-refractivity contribution >= 4 is 31.3 Å². The molecular formula is C8H6Cl2O3S. The third-order valence-corrected chi connectivity index (χ3v) is 3.61. The lowest BCUT2D eigenvalue weighted by atomic mass is 10.2. The van der Waals surface area contributed by atoms with Crippen LogP contribution in [-0.4, -0.2) is 15.0 Å². The molecule has 0 bridgehead atoms. The average Bonchev–Trinajstić information content (AvgIpc) is 2.50. The summed E-state index contributed by atoms with van der Waals surface area (Å²) >= 11 is 5.83. The third-order valence-electron chi connectivity index (χ3n) is 1.99. The number of rotatable bonds is 1. The molecule has 0 spiro atoms. The van der Waals surface area contributed by atoms with E-state index >= 15 is 0 Å². The molecule has 0 aliphatic carbocycles. The molecule has 0 amide bonds. The highest BCUT2D eigenvalue weighted by molar-refractivity contribution is 8.13. The highest BCUT2D eigenvalue weighted by Crippen LogP contribution is 2.36. The molecule has 0 saturated carbocycles. The molecule has 1 heterocycles. The van der Waals surface area contributed by atoms with Crippen LogP contribution in [0.1, 0.15) is 5.56 Å². The van der Waals surface area contributed by atoms with Gasteiger partial charge in [0.15, 0.2) is 0 Å². The van der Waals surface area contributed by atoms with Crippen molar-refractivity contribution < 1.29 is 13.2 Å². The number of halogens is 2. The van der Waals surface area contributed by atoms with Crippen molar-refractivity contribution in [3.8, 4) is 5.75 Å². The van der Waals surface area contributed by atoms with E-state index in [0.29, 0.717) is 23.8 Å². The van der Waals surface area contributed by atoms with Crippen LogP contribution in [0.4, 0.5) is 0 Å². The van der Waals surface area contributed by atoms with E-state index in [-0.39, 0.29) is 4.90 Å². The summed E-state index contributed by atoms with van der Waals surface area (Å²) < 4.78 is 27.3. The standard InChI is InChI=1S/C8H6Cl2O3S/c9-7-4-6(14(10,11)12)3-5-1-2-13-8(5)7/h3-4H,1-2H2. The number of fused-ring (bicyclic) bond motifs is 1. The van der Waals surface area contributed by atoms with Gasteiger partial charge < -0.3 is 4.74 Å². The summed E-state index contributed by atoms with van der Waals surface area (Å²) in [5, 5.41) is 0.291. The number of hydrogen-bond acceptors (Lipinski definition) is 3. The smallest absolute Gasteiger partial charge is 0.261 e. The molecule has 1 aliphatic rings. The van der Waals surface area contributed by atoms with Gasteiger partial charge in [-0.05, 0) is 12.1 Å². The lowest BCUT2D eigenvalue weighted by molar-refractivity contribution is 0.357. The van der Waals surface area contributed by atoms with Crippen molar-refractivity contribution in [2.75, 3.05) is 6.61 Å². The Labute approximate surface area is 91.0 Å². The molecule has 0 N–H and O–H groups in total. The van der Waals surface area contributed by atoms with Crippen LogP contribution in [0.5, 0.6) is 5.75 Å². The summed E-state index contributed by atoms with van der Waals surface area (Å²) in [7, 11) is 1.49. The number of benzene rings is 1. The molecule has 6 heteroatoms. The molecule has 0 aromatic heterocycles. The fourth-order valence-corrected chi connectivity index (χ4v) is 2.54. The lowest BCUT2D eigenvalue weighted by Gasteiger charge is -2.03. The Morgan fingerprint density at radius 2 is 2.07 bits per heavy atom. The van der Waals surface area contributed by atoms with Gasteiger partial charge in [0.05, 0.1) is 16.5 Å². The Kier molecular flexibility index (Phi) is 2.37. The van der Waals surface area contributed by atoms with E-state index in [2.05, 4.69) is 0 Å². The molecule has 1 aromatic rings. The predicted octanol–water partition coefficient (Wildman–Crippen LogP) is 2.20. The highest BCUT2D eigenvalue weighted by atomic mass is 35.7. The van der Waals surface area contributed by atoms with E-state index in [1.54, 1.807) is 0 Å². The van der Waals surface area contributed by atoms with Gasteiger partial charge in [0.25, 0.3) is 9.05 Å². The Morgan fingerprint density at radius 1 is 1.36 bits per heavy atom. The first-order valence-corrected chi connectivity index (χ1v) is 6.57. The maximum absolute atomic E-state index is 11.1. The van der Waals surface area contributed by atoms with Crippen LogP contribution in [0.2, 0.25) is 5.02 Å². The van der Waals surface area contributed by atoms with Crippen molar-refractivity contribution in [1.82, 2.24) is 0 Å². The predicted molar refractivity (Wildman–Crippen MR) is 53.7 cm³/mol. The maximum atomic E-state index is 11.1. The van der Waals surface area contributed by atoms with Crippen LogP contribution >= 0.6 is 22.3 Å². The topological polar surface area (TPSA) is 43.4 Å². The van der Waals surface area contributed by atoms with Gasteiger partial charge in [0, 0.05) is 22.7 Å². The first-order chi connectivity index (χ1) is 6.48. The molecule has 3 nitrogen and oxygen atoms in total. The molecule has 0 atom stereocenters. The SMILES string of the molecule is O=S(=O)(Cl)c1cc(Cl)c2c(c1)CCO2. The fourth-order valence-electron chi connectivity index (χ4n) is 1.37. The van der Waals surface area contributed by atoms with Gasteiger partial charge in [-0.3, -0.25) is 0 Å². The summed E-state index contributed by atoms with van der Waals surface area (Å²) in [6, 6.07) is 2.80. The second kappa shape index (κ2) is 3.29. The summed E-state index contributed by atoms with van der Waals surface area (Å²) in [5.41, 5.74) is 0.789. The molecule has 76 valence electrons. The summed E-state index contributed by atoms with van der Waals surface area (Å²) in [6.07, 6.45) is 0.662. The molecule has 1 aromatic carbocycles. The molecule has 0 fully saturated rings. The van der Waals surface area contributed by atoms with Gasteiger partial charge >= 0.3 is 0 Å². The highest BCUT2D eigenvalue weighted by Gasteiger charge is 2.20. The normalized spacial score (nSPS) is 15.0. The van der Waals surface area contributed by atoms with Crippen LogP contribution in [-0.2, 0) is 15.5 Å². The Bertz CT molecular complexity index is 482. The van der Waals surface area contributed by atoms with E-state index < -0.39 is 9.05 Å². The van der Waals surface area contributed by atoms with Crippen molar-refractivity contribution in [3.63, 3.8) is 0 Å². The van der Waals surface area contributed by atoms with Gasteiger partial charge in [0.2, 0.25) is 0 Å². The molecule has 0 unspecified atom stereocenters. The van der Waals surface area contributed by atoms with Crippen LogP contribution in [0.15, 0.2) is 17.0 Å². The summed E-state index contributed by atoms with van der Waals surface area (Å²) in [5.74, 6) is 0.565. The number of hydrogen-bond donors (Lipinski definition) is 0. The van der Waals surface area contributed by atoms with Crippen LogP contribution in [0, 0.1) is 0 Å². The van der Waals surface area contributed by atoms with E-state index in [9.17, 15) is 8.42 Å². The zero-order valence-electron chi connectivity index (χ0n) is 6.96. The van der Waals surface area contributed by atoms with Crippen molar-refractivity contribution in [2.45, 2.75) is 11.3 Å². The van der Waals surface area contributed by atoms with Crippen molar-refractivity contribution in [2.24, 2.45) is 0 Å². The zero-order chi connectivity index (χ0) is 10.3. The molecule has 0 saturated heterocycles. The Morgan fingerprint density at radius 3 is 2.71 bits per heavy atom. The Hall–Kier alpha value is -0.450. The first kappa shape index (κ1) is 10.1. The Balaban J connectivity index is 2.64. The van der Waals surface area contributed by atoms with E-state index in [1.165, 1.54) is 12.1 Å². The van der Waals surface area contributed by atoms with Crippen LogP contribution in [0.25, 0.3) is 0 Å². The lowest BCUT2D eigenvalue weighted by Crippen LogP contribution is -1.92. The average molecular weight is 253 g/mol. The van der Waals surface area contributed by atoms with Crippen molar-refractivity contribution in [3.05, 3.63) is 22.7 Å². The van der Waals surface area contributed by atoms with Gasteiger partial charge in [-0.2, -0.15) is 0 Å². The second-order valence-corrected chi connectivity index (χ2v) is 5.90. The summed E-state index contributed by atoms with van der Waals surface area (Å²) in [4.78, 5) is 0.0217. The van der Waals surface area contributed by atoms with Gasteiger partial charge in [0.1, 0.15) is 5.75 Å². The van der Waals surface area contributed by atoms with Crippen molar-refractivity contribution in [1.29, 1.82) is 0 Å². The van der Waals surface area contributed by atoms with E-state index in [0.717, 1.165) is 5.56 Å². The monoisotopic (exact) mass is 252 g/mol. The van der Waals surface area contributed by atoms with Gasteiger partial charge in [-0.15, -0.1) is 0 Å². The fraction of sp³-hybridized carbons (Fsp3) is 0.250. The molecular weight excluding hydrogens is 247 g/mol. The minimum Gasteiger partial charge on any atom is -0.491 e. The van der Waals surface area contributed by atoms with Crippen LogP contribution < -0.4 is 4.74 Å². The quantitative estimate of drug-likeness (QED) is 0.720.